The molecule has 0 saturated heterocycles. The summed E-state index contributed by atoms with van der Waals surface area (Å²) < 4.78 is 66.3. The molecule has 1 aliphatic carbocycles. The van der Waals surface area contributed by atoms with Crippen LogP contribution in [0.3, 0.4) is 0 Å². The Morgan fingerprint density at radius 2 is 1.88 bits per heavy atom. The quantitative estimate of drug-likeness (QED) is 0.640. The van der Waals surface area contributed by atoms with E-state index in [1.54, 1.807) is 4.72 Å². The average molecular weight is 366 g/mol. The molecule has 6 nitrogen and oxygen atoms in total. The van der Waals surface area contributed by atoms with Crippen LogP contribution in [0.4, 0.5) is 18.9 Å². The van der Waals surface area contributed by atoms with Crippen LogP contribution in [0.1, 0.15) is 31.2 Å². The zero-order chi connectivity index (χ0) is 18.1. The van der Waals surface area contributed by atoms with Gasteiger partial charge in [-0.2, -0.15) is 17.9 Å². The lowest BCUT2D eigenvalue weighted by Gasteiger charge is -2.27. The molecule has 0 spiro atoms. The Morgan fingerprint density at radius 1 is 1.29 bits per heavy atom. The Balaban J connectivity index is 2.33. The molecule has 1 atom stereocenters. The smallest absolute Gasteiger partial charge is 0.258 e. The Kier molecular flexibility index (Phi) is 5.19. The van der Waals surface area contributed by atoms with E-state index in [0.717, 1.165) is 18.2 Å². The van der Waals surface area contributed by atoms with Crippen LogP contribution in [0.5, 0.6) is 0 Å². The second-order valence-electron chi connectivity index (χ2n) is 5.89. The van der Waals surface area contributed by atoms with Gasteiger partial charge in [0.05, 0.1) is 9.82 Å². The molecule has 0 bridgehead atoms. The average Bonchev–Trinajstić information content (AvgIpc) is 2.96. The van der Waals surface area contributed by atoms with Gasteiger partial charge in [0.25, 0.3) is 5.69 Å². The molecule has 0 unspecified atom stereocenters. The number of benzene rings is 1. The van der Waals surface area contributed by atoms with Gasteiger partial charge in [-0.25, -0.2) is 8.42 Å². The molecule has 1 fully saturated rings. The van der Waals surface area contributed by atoms with Crippen LogP contribution in [0, 0.1) is 23.0 Å². The normalized spacial score (nSPS) is 17.8. The molecule has 0 radical (unpaired) electrons. The number of nitrogens with zero attached hydrogens (tertiary/aromatic N) is 1. The fraction of sp³-hybridized carbons (Fsp3) is 0.571. The number of non-ortho nitro benzene ring substituents is 1. The highest BCUT2D eigenvalue weighted by Crippen LogP contribution is 2.36. The van der Waals surface area contributed by atoms with Crippen molar-refractivity contribution < 1.29 is 26.5 Å². The molecule has 1 saturated carbocycles. The van der Waals surface area contributed by atoms with Crippen LogP contribution in [-0.2, 0) is 10.0 Å². The number of sulfonamides is 1. The van der Waals surface area contributed by atoms with E-state index in [9.17, 15) is 31.7 Å². The summed E-state index contributed by atoms with van der Waals surface area (Å²) in [4.78, 5) is 9.60. The number of nitrogens with one attached hydrogen (secondary N) is 1. The van der Waals surface area contributed by atoms with E-state index in [2.05, 4.69) is 0 Å². The summed E-state index contributed by atoms with van der Waals surface area (Å²) in [6.07, 6.45) is -2.81. The van der Waals surface area contributed by atoms with Crippen molar-refractivity contribution in [3.8, 4) is 0 Å². The highest BCUT2D eigenvalue weighted by Gasteiger charge is 2.47. The van der Waals surface area contributed by atoms with E-state index in [1.807, 2.05) is 0 Å². The fourth-order valence-electron chi connectivity index (χ4n) is 3.00. The molecule has 0 amide bonds. The molecule has 0 aliphatic heterocycles. The Labute approximate surface area is 137 Å². The van der Waals surface area contributed by atoms with Crippen molar-refractivity contribution >= 4 is 15.7 Å². The molecule has 0 heterocycles. The number of hydrogen-bond donors (Lipinski definition) is 1. The maximum atomic E-state index is 13.3. The molecule has 24 heavy (non-hydrogen) atoms. The van der Waals surface area contributed by atoms with E-state index >= 15 is 0 Å². The second-order valence-corrected chi connectivity index (χ2v) is 7.57. The minimum atomic E-state index is -4.70. The summed E-state index contributed by atoms with van der Waals surface area (Å²) in [7, 11) is -4.45. The third-order valence-corrected chi connectivity index (χ3v) is 5.77. The van der Waals surface area contributed by atoms with Crippen LogP contribution in [0.15, 0.2) is 23.1 Å². The predicted octanol–water partition coefficient (Wildman–Crippen LogP) is 3.30. The molecule has 2 rings (SSSR count). The summed E-state index contributed by atoms with van der Waals surface area (Å²) in [5.74, 6) is -0.793. The van der Waals surface area contributed by atoms with Gasteiger partial charge in [-0.3, -0.25) is 10.1 Å². The Bertz CT molecular complexity index is 728. The van der Waals surface area contributed by atoms with Crippen molar-refractivity contribution in [1.82, 2.24) is 4.72 Å². The second kappa shape index (κ2) is 6.67. The summed E-state index contributed by atoms with van der Waals surface area (Å²) in [5, 5.41) is 10.7. The van der Waals surface area contributed by atoms with E-state index in [1.165, 1.54) is 6.92 Å². The first-order valence-corrected chi connectivity index (χ1v) is 8.85. The molecule has 1 aromatic carbocycles. The lowest BCUT2D eigenvalue weighted by molar-refractivity contribution is -0.385. The lowest BCUT2D eigenvalue weighted by Crippen LogP contribution is -2.49. The van der Waals surface area contributed by atoms with Gasteiger partial charge < -0.3 is 0 Å². The Morgan fingerprint density at radius 3 is 2.33 bits per heavy atom. The molecular formula is C14H17F3N2O4S. The van der Waals surface area contributed by atoms with Crippen molar-refractivity contribution in [1.29, 1.82) is 0 Å². The van der Waals surface area contributed by atoms with Crippen LogP contribution < -0.4 is 4.72 Å². The highest BCUT2D eigenvalue weighted by molar-refractivity contribution is 7.89. The first kappa shape index (κ1) is 18.7. The lowest BCUT2D eigenvalue weighted by atomic mass is 9.99. The van der Waals surface area contributed by atoms with Gasteiger partial charge in [-0.1, -0.05) is 12.8 Å². The van der Waals surface area contributed by atoms with Gasteiger partial charge >= 0.3 is 6.18 Å². The monoisotopic (exact) mass is 366 g/mol. The SMILES string of the molecule is Cc1cc([N+](=O)[O-])ccc1S(=O)(=O)N[C@@H](C1CCCC1)C(F)(F)F. The molecule has 10 heteroatoms. The fourth-order valence-corrected chi connectivity index (χ4v) is 4.52. The molecule has 1 aromatic rings. The maximum absolute atomic E-state index is 13.3. The van der Waals surface area contributed by atoms with Gasteiger partial charge in [0.2, 0.25) is 10.0 Å². The van der Waals surface area contributed by atoms with E-state index in [4.69, 9.17) is 0 Å². The maximum Gasteiger partial charge on any atom is 0.405 e. The predicted molar refractivity (Wildman–Crippen MR) is 80.0 cm³/mol. The van der Waals surface area contributed by atoms with Crippen LogP contribution >= 0.6 is 0 Å². The van der Waals surface area contributed by atoms with Gasteiger partial charge in [0.1, 0.15) is 6.04 Å². The summed E-state index contributed by atoms with van der Waals surface area (Å²) >= 11 is 0. The highest BCUT2D eigenvalue weighted by atomic mass is 32.2. The first-order valence-electron chi connectivity index (χ1n) is 7.36. The molecule has 1 aliphatic rings. The van der Waals surface area contributed by atoms with Crippen molar-refractivity contribution in [2.24, 2.45) is 5.92 Å². The number of rotatable bonds is 5. The standard InChI is InChI=1S/C14H17F3N2O4S/c1-9-8-11(19(20)21)6-7-12(9)24(22,23)18-13(14(15,16)17)10-4-2-3-5-10/h6-8,10,13,18H,2-5H2,1H3/t13-/m0/s1. The molecule has 134 valence electrons. The van der Waals surface area contributed by atoms with Gasteiger partial charge in [0.15, 0.2) is 0 Å². The minimum Gasteiger partial charge on any atom is -0.258 e. The number of hydrogen-bond acceptors (Lipinski definition) is 4. The summed E-state index contributed by atoms with van der Waals surface area (Å²) in [6.45, 7) is 1.31. The van der Waals surface area contributed by atoms with Crippen molar-refractivity contribution in [2.75, 3.05) is 0 Å². The van der Waals surface area contributed by atoms with Crippen molar-refractivity contribution in [3.05, 3.63) is 33.9 Å². The largest absolute Gasteiger partial charge is 0.405 e. The Hall–Kier alpha value is -1.68. The molecule has 0 aromatic heterocycles. The first-order chi connectivity index (χ1) is 11.0. The number of nitro groups is 1. The molecular weight excluding hydrogens is 349 g/mol. The zero-order valence-corrected chi connectivity index (χ0v) is 13.7. The number of alkyl halides is 3. The van der Waals surface area contributed by atoms with Gasteiger partial charge in [-0.15, -0.1) is 0 Å². The summed E-state index contributed by atoms with van der Waals surface area (Å²) in [5.41, 5.74) is -0.307. The number of halogens is 3. The minimum absolute atomic E-state index is 0.0176. The van der Waals surface area contributed by atoms with E-state index in [-0.39, 0.29) is 16.1 Å². The molecule has 1 N–H and O–H groups in total. The van der Waals surface area contributed by atoms with Crippen molar-refractivity contribution in [3.63, 3.8) is 0 Å². The van der Waals surface area contributed by atoms with Crippen LogP contribution in [-0.4, -0.2) is 25.6 Å². The zero-order valence-electron chi connectivity index (χ0n) is 12.8. The van der Waals surface area contributed by atoms with Crippen LogP contribution in [0.25, 0.3) is 0 Å². The van der Waals surface area contributed by atoms with E-state index < -0.39 is 33.1 Å². The van der Waals surface area contributed by atoms with E-state index in [0.29, 0.717) is 25.7 Å². The van der Waals surface area contributed by atoms with Crippen LogP contribution in [0.2, 0.25) is 0 Å². The third-order valence-electron chi connectivity index (χ3n) is 4.16. The third kappa shape index (κ3) is 4.04. The van der Waals surface area contributed by atoms with Crippen molar-refractivity contribution in [2.45, 2.75) is 49.7 Å². The topological polar surface area (TPSA) is 89.3 Å². The van der Waals surface area contributed by atoms with Gasteiger partial charge in [0, 0.05) is 12.1 Å². The summed E-state index contributed by atoms with van der Waals surface area (Å²) in [6, 6.07) is 0.782. The van der Waals surface area contributed by atoms with Gasteiger partial charge in [-0.05, 0) is 37.3 Å². The number of nitro benzene ring substituents is 1. The number of aryl methyl sites for hydroxylation is 1.